The van der Waals surface area contributed by atoms with Gasteiger partial charge < -0.3 is 14.0 Å². The molecule has 0 spiro atoms. The second-order valence-corrected chi connectivity index (χ2v) is 7.91. The number of hydrogen-bond acceptors (Lipinski definition) is 7. The minimum absolute atomic E-state index is 0.0822. The van der Waals surface area contributed by atoms with Gasteiger partial charge in [-0.05, 0) is 19.1 Å². The first kappa shape index (κ1) is 16.7. The minimum Gasteiger partial charge on any atom is -0.363 e. The van der Waals surface area contributed by atoms with Crippen molar-refractivity contribution in [3.05, 3.63) is 48.9 Å². The third kappa shape index (κ3) is 3.08. The molecular weight excluding hydrogens is 356 g/mol. The van der Waals surface area contributed by atoms with Crippen molar-refractivity contribution in [3.8, 4) is 5.82 Å². The number of anilines is 1. The van der Waals surface area contributed by atoms with Gasteiger partial charge in [0.2, 0.25) is 10.0 Å². The van der Waals surface area contributed by atoms with E-state index in [9.17, 15) is 8.42 Å². The SMILES string of the molecule is Cc1nc(N2CCN(S(=O)(=O)c3cnoc3)CC2)cc(-n2cccc2)n1. The third-order valence-corrected chi connectivity index (χ3v) is 6.13. The van der Waals surface area contributed by atoms with Crippen molar-refractivity contribution in [2.24, 2.45) is 0 Å². The summed E-state index contributed by atoms with van der Waals surface area (Å²) in [6, 6.07) is 5.79. The van der Waals surface area contributed by atoms with Crippen LogP contribution >= 0.6 is 0 Å². The molecule has 4 heterocycles. The smallest absolute Gasteiger partial charge is 0.248 e. The fraction of sp³-hybridized carbons (Fsp3) is 0.312. The zero-order valence-corrected chi connectivity index (χ0v) is 15.0. The standard InChI is InChI=1S/C16H18N6O3S/c1-13-18-15(20-4-2-3-5-20)10-16(19-13)21-6-8-22(9-7-21)26(23,24)14-11-17-25-12-14/h2-5,10-12H,6-9H2,1H3. The number of nitrogens with zero attached hydrogens (tertiary/aromatic N) is 6. The van der Waals surface area contributed by atoms with Crippen LogP contribution in [-0.4, -0.2) is 58.6 Å². The van der Waals surface area contributed by atoms with Crippen LogP contribution in [0.4, 0.5) is 5.82 Å². The van der Waals surface area contributed by atoms with E-state index < -0.39 is 10.0 Å². The first-order valence-corrected chi connectivity index (χ1v) is 9.61. The normalized spacial score (nSPS) is 16.1. The van der Waals surface area contributed by atoms with Crippen molar-refractivity contribution in [1.82, 2.24) is 24.0 Å². The molecule has 0 radical (unpaired) electrons. The van der Waals surface area contributed by atoms with Gasteiger partial charge in [-0.25, -0.2) is 18.4 Å². The maximum absolute atomic E-state index is 12.5. The van der Waals surface area contributed by atoms with E-state index in [2.05, 4.69) is 24.5 Å². The average molecular weight is 374 g/mol. The quantitative estimate of drug-likeness (QED) is 0.674. The lowest BCUT2D eigenvalue weighted by molar-refractivity contribution is 0.382. The van der Waals surface area contributed by atoms with Crippen LogP contribution in [0.25, 0.3) is 5.82 Å². The maximum atomic E-state index is 12.5. The molecule has 4 rings (SSSR count). The van der Waals surface area contributed by atoms with E-state index in [4.69, 9.17) is 0 Å². The summed E-state index contributed by atoms with van der Waals surface area (Å²) in [5.41, 5.74) is 0. The van der Waals surface area contributed by atoms with Gasteiger partial charge in [0.25, 0.3) is 0 Å². The molecule has 0 N–H and O–H groups in total. The zero-order chi connectivity index (χ0) is 18.1. The van der Waals surface area contributed by atoms with E-state index in [1.165, 1.54) is 10.5 Å². The van der Waals surface area contributed by atoms with Gasteiger partial charge in [0.05, 0.1) is 6.20 Å². The molecule has 26 heavy (non-hydrogen) atoms. The molecule has 3 aromatic rings. The Kier molecular flexibility index (Phi) is 4.21. The third-order valence-electron chi connectivity index (χ3n) is 4.29. The van der Waals surface area contributed by atoms with Gasteiger partial charge in [-0.1, -0.05) is 5.16 Å². The van der Waals surface area contributed by atoms with Crippen molar-refractivity contribution >= 4 is 15.8 Å². The zero-order valence-electron chi connectivity index (χ0n) is 14.2. The summed E-state index contributed by atoms with van der Waals surface area (Å²) in [5.74, 6) is 2.26. The summed E-state index contributed by atoms with van der Waals surface area (Å²) in [7, 11) is -3.56. The molecule has 136 valence electrons. The van der Waals surface area contributed by atoms with Crippen LogP contribution in [-0.2, 0) is 10.0 Å². The molecule has 0 amide bonds. The summed E-state index contributed by atoms with van der Waals surface area (Å²) in [5, 5.41) is 3.48. The number of rotatable bonds is 4. The van der Waals surface area contributed by atoms with E-state index in [0.29, 0.717) is 32.0 Å². The second kappa shape index (κ2) is 6.54. The van der Waals surface area contributed by atoms with Crippen molar-refractivity contribution in [3.63, 3.8) is 0 Å². The molecule has 1 aliphatic rings. The highest BCUT2D eigenvalue weighted by Crippen LogP contribution is 2.21. The van der Waals surface area contributed by atoms with Crippen LogP contribution in [0, 0.1) is 6.92 Å². The summed E-state index contributed by atoms with van der Waals surface area (Å²) < 4.78 is 33.1. The molecule has 9 nitrogen and oxygen atoms in total. The maximum Gasteiger partial charge on any atom is 0.248 e. The molecule has 0 bridgehead atoms. The largest absolute Gasteiger partial charge is 0.363 e. The topological polar surface area (TPSA) is 97.4 Å². The predicted molar refractivity (Wildman–Crippen MR) is 93.6 cm³/mol. The average Bonchev–Trinajstić information content (AvgIpc) is 3.35. The molecule has 1 saturated heterocycles. The number of hydrogen-bond donors (Lipinski definition) is 0. The van der Waals surface area contributed by atoms with Gasteiger partial charge >= 0.3 is 0 Å². The first-order chi connectivity index (χ1) is 12.5. The fourth-order valence-electron chi connectivity index (χ4n) is 2.95. The Labute approximate surface area is 150 Å². The molecule has 1 aliphatic heterocycles. The second-order valence-electron chi connectivity index (χ2n) is 5.97. The molecular formula is C16H18N6O3S. The van der Waals surface area contributed by atoms with Crippen molar-refractivity contribution in [2.45, 2.75) is 11.8 Å². The van der Waals surface area contributed by atoms with Crippen LogP contribution in [0.1, 0.15) is 5.82 Å². The van der Waals surface area contributed by atoms with Crippen LogP contribution in [0.5, 0.6) is 0 Å². The van der Waals surface area contributed by atoms with E-state index in [-0.39, 0.29) is 4.90 Å². The number of aromatic nitrogens is 4. The van der Waals surface area contributed by atoms with Gasteiger partial charge in [0.1, 0.15) is 28.6 Å². The van der Waals surface area contributed by atoms with Gasteiger partial charge in [-0.2, -0.15) is 4.31 Å². The first-order valence-electron chi connectivity index (χ1n) is 8.17. The number of sulfonamides is 1. The summed E-state index contributed by atoms with van der Waals surface area (Å²) >= 11 is 0. The lowest BCUT2D eigenvalue weighted by Crippen LogP contribution is -2.48. The Balaban J connectivity index is 1.52. The summed E-state index contributed by atoms with van der Waals surface area (Å²) in [6.45, 7) is 3.69. The van der Waals surface area contributed by atoms with Crippen LogP contribution in [0.3, 0.4) is 0 Å². The fourth-order valence-corrected chi connectivity index (χ4v) is 4.23. The lowest BCUT2D eigenvalue weighted by atomic mass is 10.3. The minimum atomic E-state index is -3.56. The highest BCUT2D eigenvalue weighted by Gasteiger charge is 2.30. The Bertz CT molecular complexity index is 977. The van der Waals surface area contributed by atoms with Crippen LogP contribution in [0.2, 0.25) is 0 Å². The molecule has 0 aromatic carbocycles. The predicted octanol–water partition coefficient (Wildman–Crippen LogP) is 1.07. The van der Waals surface area contributed by atoms with Crippen LogP contribution < -0.4 is 4.90 Å². The van der Waals surface area contributed by atoms with E-state index in [0.717, 1.165) is 17.9 Å². The van der Waals surface area contributed by atoms with E-state index in [1.807, 2.05) is 42.1 Å². The Morgan fingerprint density at radius 2 is 1.73 bits per heavy atom. The molecule has 0 atom stereocenters. The Morgan fingerprint density at radius 1 is 1.04 bits per heavy atom. The monoisotopic (exact) mass is 374 g/mol. The van der Waals surface area contributed by atoms with Gasteiger partial charge in [0.15, 0.2) is 0 Å². The molecule has 10 heteroatoms. The summed E-state index contributed by atoms with van der Waals surface area (Å²) in [6.07, 6.45) is 6.22. The van der Waals surface area contributed by atoms with Crippen molar-refractivity contribution in [1.29, 1.82) is 0 Å². The van der Waals surface area contributed by atoms with Gasteiger partial charge in [-0.3, -0.25) is 0 Å². The highest BCUT2D eigenvalue weighted by molar-refractivity contribution is 7.89. The van der Waals surface area contributed by atoms with E-state index >= 15 is 0 Å². The number of piperazine rings is 1. The molecule has 0 unspecified atom stereocenters. The highest BCUT2D eigenvalue weighted by atomic mass is 32.2. The van der Waals surface area contributed by atoms with Crippen molar-refractivity contribution in [2.75, 3.05) is 31.1 Å². The van der Waals surface area contributed by atoms with Crippen LogP contribution in [0.15, 0.2) is 52.5 Å². The Morgan fingerprint density at radius 3 is 2.38 bits per heavy atom. The molecule has 0 aliphatic carbocycles. The van der Waals surface area contributed by atoms with Gasteiger partial charge in [-0.15, -0.1) is 0 Å². The molecule has 0 saturated carbocycles. The molecule has 3 aromatic heterocycles. The lowest BCUT2D eigenvalue weighted by Gasteiger charge is -2.34. The van der Waals surface area contributed by atoms with Crippen molar-refractivity contribution < 1.29 is 12.9 Å². The summed E-state index contributed by atoms with van der Waals surface area (Å²) in [4.78, 5) is 11.1. The number of aryl methyl sites for hydroxylation is 1. The van der Waals surface area contributed by atoms with E-state index in [1.54, 1.807) is 0 Å². The van der Waals surface area contributed by atoms with Gasteiger partial charge in [0, 0.05) is 44.6 Å². The molecule has 1 fully saturated rings. The Hall–Kier alpha value is -2.72.